The predicted molar refractivity (Wildman–Crippen MR) is 140 cm³/mol. The lowest BCUT2D eigenvalue weighted by atomic mass is 9.77. The Morgan fingerprint density at radius 3 is 2.50 bits per heavy atom. The van der Waals surface area contributed by atoms with E-state index in [0.29, 0.717) is 46.9 Å². The van der Waals surface area contributed by atoms with Crippen molar-refractivity contribution in [2.45, 2.75) is 39.0 Å². The maximum Gasteiger partial charge on any atom is 0.234 e. The number of carbonyl (C=O) groups is 3. The summed E-state index contributed by atoms with van der Waals surface area (Å²) in [5, 5.41) is 16.8. The lowest BCUT2D eigenvalue weighted by Crippen LogP contribution is -2.31. The largest absolute Gasteiger partial charge is 0.494 e. The van der Waals surface area contributed by atoms with Gasteiger partial charge in [-0.2, -0.15) is 5.26 Å². The zero-order chi connectivity index (χ0) is 25.7. The summed E-state index contributed by atoms with van der Waals surface area (Å²) in [6, 6.07) is 16.5. The van der Waals surface area contributed by atoms with Crippen LogP contribution in [0.2, 0.25) is 0 Å². The number of amides is 1. The third-order valence-electron chi connectivity index (χ3n) is 6.11. The molecular weight excluding hydrogens is 474 g/mol. The number of Topliss-reactive ketones (excluding diaryl/α,β-unsaturated/α-hetero) is 2. The Balaban J connectivity index is 1.56. The normalized spacial score (nSPS) is 17.1. The summed E-state index contributed by atoms with van der Waals surface area (Å²) in [4.78, 5) is 37.0. The number of benzene rings is 2. The Kier molecular flexibility index (Phi) is 7.91. The highest BCUT2D eigenvalue weighted by Crippen LogP contribution is 2.44. The smallest absolute Gasteiger partial charge is 0.234 e. The first-order chi connectivity index (χ1) is 17.4. The molecule has 2 aliphatic rings. The fraction of sp³-hybridized carbons (Fsp3) is 0.286. The maximum atomic E-state index is 12.9. The summed E-state index contributed by atoms with van der Waals surface area (Å²) in [7, 11) is 0. The Bertz CT molecular complexity index is 1290. The molecule has 0 aromatic heterocycles. The van der Waals surface area contributed by atoms with Gasteiger partial charge in [-0.15, -0.1) is 0 Å². The predicted octanol–water partition coefficient (Wildman–Crippen LogP) is 5.09. The van der Waals surface area contributed by atoms with Crippen LogP contribution in [0.3, 0.4) is 0 Å². The minimum atomic E-state index is -0.487. The summed E-state index contributed by atoms with van der Waals surface area (Å²) in [5.74, 6) is 0.0863. The van der Waals surface area contributed by atoms with E-state index in [9.17, 15) is 19.6 Å². The monoisotopic (exact) mass is 501 g/mol. The van der Waals surface area contributed by atoms with Crippen LogP contribution in [0.25, 0.3) is 0 Å². The van der Waals surface area contributed by atoms with Gasteiger partial charge in [-0.25, -0.2) is 0 Å². The van der Waals surface area contributed by atoms with E-state index < -0.39 is 5.92 Å². The van der Waals surface area contributed by atoms with E-state index >= 15 is 0 Å². The number of ketones is 2. The first-order valence-corrected chi connectivity index (χ1v) is 12.8. The second-order valence-corrected chi connectivity index (χ2v) is 9.54. The highest BCUT2D eigenvalue weighted by atomic mass is 32.2. The Hall–Kier alpha value is -3.83. The van der Waals surface area contributed by atoms with Crippen molar-refractivity contribution in [1.29, 1.82) is 5.26 Å². The van der Waals surface area contributed by atoms with Crippen LogP contribution in [0.5, 0.6) is 5.75 Å². The van der Waals surface area contributed by atoms with Crippen LogP contribution in [-0.4, -0.2) is 29.8 Å². The molecule has 1 aliphatic heterocycles. The van der Waals surface area contributed by atoms with E-state index in [0.717, 1.165) is 23.4 Å². The molecule has 1 unspecified atom stereocenters. The first-order valence-electron chi connectivity index (χ1n) is 11.8. The van der Waals surface area contributed by atoms with Gasteiger partial charge in [0.1, 0.15) is 5.75 Å². The number of carbonyl (C=O) groups excluding carboxylic acids is 3. The number of allylic oxidation sites excluding steroid dienone is 3. The third-order valence-corrected chi connectivity index (χ3v) is 7.13. The van der Waals surface area contributed by atoms with E-state index in [-0.39, 0.29) is 23.2 Å². The lowest BCUT2D eigenvalue weighted by Gasteiger charge is -2.33. The van der Waals surface area contributed by atoms with Gasteiger partial charge in [0.25, 0.3) is 0 Å². The number of nitrogens with zero attached hydrogens (tertiary/aromatic N) is 1. The SMILES string of the molecule is CCOc1ccc(C2C(C#N)=C(SCC(=O)Nc3ccc(C(C)=O)cc3)NC3=C2C(=O)CCC3)cc1. The van der Waals surface area contributed by atoms with Gasteiger partial charge in [-0.3, -0.25) is 14.4 Å². The lowest BCUT2D eigenvalue weighted by molar-refractivity contribution is -0.116. The molecule has 0 spiro atoms. The molecule has 36 heavy (non-hydrogen) atoms. The Morgan fingerprint density at radius 2 is 1.86 bits per heavy atom. The topological polar surface area (TPSA) is 108 Å². The second kappa shape index (κ2) is 11.3. The van der Waals surface area contributed by atoms with E-state index in [1.807, 2.05) is 31.2 Å². The molecule has 4 rings (SSSR count). The van der Waals surface area contributed by atoms with Crippen LogP contribution in [-0.2, 0) is 9.59 Å². The summed E-state index contributed by atoms with van der Waals surface area (Å²) >= 11 is 1.24. The summed E-state index contributed by atoms with van der Waals surface area (Å²) in [6.07, 6.45) is 1.92. The third kappa shape index (κ3) is 5.52. The van der Waals surface area contributed by atoms with Crippen molar-refractivity contribution < 1.29 is 19.1 Å². The van der Waals surface area contributed by atoms with Gasteiger partial charge < -0.3 is 15.4 Å². The highest BCUT2D eigenvalue weighted by molar-refractivity contribution is 8.03. The van der Waals surface area contributed by atoms with Crippen molar-refractivity contribution in [3.63, 3.8) is 0 Å². The Labute approximate surface area is 214 Å². The molecule has 0 saturated carbocycles. The van der Waals surface area contributed by atoms with E-state index in [4.69, 9.17) is 4.74 Å². The van der Waals surface area contributed by atoms with Crippen LogP contribution in [0.15, 0.2) is 70.4 Å². The van der Waals surface area contributed by atoms with Gasteiger partial charge in [0.2, 0.25) is 5.91 Å². The molecule has 1 atom stereocenters. The first kappa shape index (κ1) is 25.3. The van der Waals surface area contributed by atoms with E-state index in [1.54, 1.807) is 24.3 Å². The number of hydrogen-bond acceptors (Lipinski definition) is 7. The zero-order valence-electron chi connectivity index (χ0n) is 20.2. The molecule has 1 heterocycles. The van der Waals surface area contributed by atoms with Crippen molar-refractivity contribution in [3.8, 4) is 11.8 Å². The van der Waals surface area contributed by atoms with Crippen molar-refractivity contribution in [2.24, 2.45) is 0 Å². The van der Waals surface area contributed by atoms with E-state index in [2.05, 4.69) is 16.7 Å². The van der Waals surface area contributed by atoms with Gasteiger partial charge in [-0.05, 0) is 68.7 Å². The van der Waals surface area contributed by atoms with Crippen molar-refractivity contribution in [3.05, 3.63) is 81.5 Å². The number of rotatable bonds is 8. The fourth-order valence-corrected chi connectivity index (χ4v) is 5.28. The number of nitrogens with one attached hydrogen (secondary N) is 2. The van der Waals surface area contributed by atoms with E-state index in [1.165, 1.54) is 18.7 Å². The summed E-state index contributed by atoms with van der Waals surface area (Å²) in [5.41, 5.74) is 3.90. The van der Waals surface area contributed by atoms with Crippen LogP contribution >= 0.6 is 11.8 Å². The highest BCUT2D eigenvalue weighted by Gasteiger charge is 2.37. The molecule has 0 radical (unpaired) electrons. The molecule has 2 aromatic carbocycles. The molecule has 1 aliphatic carbocycles. The van der Waals surface area contributed by atoms with Crippen molar-refractivity contribution in [2.75, 3.05) is 17.7 Å². The zero-order valence-corrected chi connectivity index (χ0v) is 21.0. The molecule has 7 nitrogen and oxygen atoms in total. The minimum Gasteiger partial charge on any atom is -0.494 e. The molecule has 184 valence electrons. The van der Waals surface area contributed by atoms with Gasteiger partial charge in [0.15, 0.2) is 11.6 Å². The summed E-state index contributed by atoms with van der Waals surface area (Å²) in [6.45, 7) is 3.95. The van der Waals surface area contributed by atoms with Gasteiger partial charge in [0, 0.05) is 28.9 Å². The quantitative estimate of drug-likeness (QED) is 0.485. The second-order valence-electron chi connectivity index (χ2n) is 8.55. The van der Waals surface area contributed by atoms with Crippen LogP contribution in [0.1, 0.15) is 54.9 Å². The molecule has 0 fully saturated rings. The van der Waals surface area contributed by atoms with Gasteiger partial charge in [-0.1, -0.05) is 23.9 Å². The molecule has 2 aromatic rings. The Morgan fingerprint density at radius 1 is 1.14 bits per heavy atom. The fourth-order valence-electron chi connectivity index (χ4n) is 4.42. The molecule has 2 N–H and O–H groups in total. The molecule has 0 saturated heterocycles. The van der Waals surface area contributed by atoms with Crippen molar-refractivity contribution in [1.82, 2.24) is 5.32 Å². The molecule has 1 amide bonds. The number of dihydropyridines is 1. The maximum absolute atomic E-state index is 12.9. The van der Waals surface area contributed by atoms with Crippen molar-refractivity contribution >= 4 is 34.9 Å². The van der Waals surface area contributed by atoms with Crippen LogP contribution in [0.4, 0.5) is 5.69 Å². The number of ether oxygens (including phenoxy) is 1. The number of hydrogen-bond donors (Lipinski definition) is 2. The van der Waals surface area contributed by atoms with Crippen LogP contribution < -0.4 is 15.4 Å². The number of nitriles is 1. The number of thioether (sulfide) groups is 1. The standard InChI is InChI=1S/C28H27N3O4S/c1-3-35-21-13-9-19(10-14-21)26-22(15-29)28(31-23-5-4-6-24(33)27(23)26)36-16-25(34)30-20-11-7-18(8-12-20)17(2)32/h7-14,26,31H,3-6,16H2,1-2H3,(H,30,34). The van der Waals surface area contributed by atoms with Gasteiger partial charge in [0.05, 0.1) is 34.9 Å². The summed E-state index contributed by atoms with van der Waals surface area (Å²) < 4.78 is 5.55. The average Bonchev–Trinajstić information content (AvgIpc) is 2.88. The van der Waals surface area contributed by atoms with Crippen LogP contribution in [0, 0.1) is 11.3 Å². The molecule has 0 bridgehead atoms. The minimum absolute atomic E-state index is 0.0419. The molecule has 8 heteroatoms. The molecular formula is C28H27N3O4S. The van der Waals surface area contributed by atoms with Gasteiger partial charge >= 0.3 is 0 Å². The number of anilines is 1. The average molecular weight is 502 g/mol.